The molecular weight excluding hydrogens is 335 g/mol. The minimum absolute atomic E-state index is 0.0370. The highest BCUT2D eigenvalue weighted by molar-refractivity contribution is 5.95. The number of methoxy groups -OCH3 is 1. The molecule has 1 heterocycles. The zero-order valence-corrected chi connectivity index (χ0v) is 14.6. The molecule has 2 amide bonds. The summed E-state index contributed by atoms with van der Waals surface area (Å²) < 4.78 is 18.0. The third-order valence-corrected chi connectivity index (χ3v) is 4.60. The second-order valence-corrected chi connectivity index (χ2v) is 6.29. The fourth-order valence-electron chi connectivity index (χ4n) is 3.04. The lowest BCUT2D eigenvalue weighted by atomic mass is 9.95. The number of hydrogen-bond acceptors (Lipinski definition) is 3. The Morgan fingerprint density at radius 2 is 1.65 bits per heavy atom. The summed E-state index contributed by atoms with van der Waals surface area (Å²) >= 11 is 0. The molecule has 0 aromatic heterocycles. The number of halogens is 1. The maximum atomic E-state index is 12.9. The van der Waals surface area contributed by atoms with Crippen LogP contribution < -0.4 is 10.1 Å². The van der Waals surface area contributed by atoms with Gasteiger partial charge < -0.3 is 15.0 Å². The molecule has 136 valence electrons. The average molecular weight is 356 g/mol. The van der Waals surface area contributed by atoms with Crippen molar-refractivity contribution in [3.8, 4) is 5.75 Å². The van der Waals surface area contributed by atoms with Gasteiger partial charge in [-0.15, -0.1) is 0 Å². The summed E-state index contributed by atoms with van der Waals surface area (Å²) in [5, 5.41) is 2.80. The van der Waals surface area contributed by atoms with Gasteiger partial charge in [0.2, 0.25) is 5.91 Å². The van der Waals surface area contributed by atoms with Crippen LogP contribution in [0.3, 0.4) is 0 Å². The smallest absolute Gasteiger partial charge is 0.253 e. The Morgan fingerprint density at radius 3 is 2.23 bits per heavy atom. The number of benzene rings is 2. The molecule has 2 aromatic rings. The molecule has 0 bridgehead atoms. The third-order valence-electron chi connectivity index (χ3n) is 4.60. The van der Waals surface area contributed by atoms with Crippen LogP contribution in [0.1, 0.15) is 23.2 Å². The number of amides is 2. The zero-order chi connectivity index (χ0) is 18.5. The molecule has 0 unspecified atom stereocenters. The number of piperidine rings is 1. The lowest BCUT2D eigenvalue weighted by Gasteiger charge is -2.31. The fraction of sp³-hybridized carbons (Fsp3) is 0.300. The van der Waals surface area contributed by atoms with Gasteiger partial charge in [0.25, 0.3) is 5.91 Å². The summed E-state index contributed by atoms with van der Waals surface area (Å²) in [6.07, 6.45) is 1.21. The van der Waals surface area contributed by atoms with Crippen molar-refractivity contribution < 1.29 is 18.7 Å². The molecule has 2 aromatic carbocycles. The first kappa shape index (κ1) is 17.9. The number of hydrogen-bond donors (Lipinski definition) is 1. The highest BCUT2D eigenvalue weighted by Gasteiger charge is 2.27. The highest BCUT2D eigenvalue weighted by Crippen LogP contribution is 2.22. The number of nitrogens with zero attached hydrogens (tertiary/aromatic N) is 1. The van der Waals surface area contributed by atoms with Gasteiger partial charge in [0.15, 0.2) is 0 Å². The van der Waals surface area contributed by atoms with Crippen LogP contribution in [0, 0.1) is 11.7 Å². The van der Waals surface area contributed by atoms with Crippen molar-refractivity contribution in [3.63, 3.8) is 0 Å². The van der Waals surface area contributed by atoms with Crippen LogP contribution in [-0.2, 0) is 4.79 Å². The summed E-state index contributed by atoms with van der Waals surface area (Å²) in [5.74, 6) is 0.0873. The van der Waals surface area contributed by atoms with Gasteiger partial charge in [-0.05, 0) is 61.4 Å². The highest BCUT2D eigenvalue weighted by atomic mass is 19.1. The van der Waals surface area contributed by atoms with Gasteiger partial charge in [0, 0.05) is 30.3 Å². The van der Waals surface area contributed by atoms with Crippen molar-refractivity contribution in [3.05, 3.63) is 59.9 Å². The van der Waals surface area contributed by atoms with E-state index in [1.807, 2.05) is 0 Å². The van der Waals surface area contributed by atoms with Crippen LogP contribution in [0.25, 0.3) is 0 Å². The van der Waals surface area contributed by atoms with Crippen LogP contribution in [0.15, 0.2) is 48.5 Å². The quantitative estimate of drug-likeness (QED) is 0.914. The minimum atomic E-state index is -0.339. The second-order valence-electron chi connectivity index (χ2n) is 6.29. The van der Waals surface area contributed by atoms with Crippen molar-refractivity contribution in [1.82, 2.24) is 4.90 Å². The first-order chi connectivity index (χ1) is 12.6. The van der Waals surface area contributed by atoms with Gasteiger partial charge in [0.05, 0.1) is 7.11 Å². The molecule has 1 N–H and O–H groups in total. The molecule has 1 fully saturated rings. The summed E-state index contributed by atoms with van der Waals surface area (Å²) in [6, 6.07) is 12.7. The molecule has 0 radical (unpaired) electrons. The van der Waals surface area contributed by atoms with Gasteiger partial charge in [-0.3, -0.25) is 9.59 Å². The molecule has 1 aliphatic heterocycles. The number of ether oxygens (including phenoxy) is 1. The van der Waals surface area contributed by atoms with Crippen LogP contribution in [0.5, 0.6) is 5.75 Å². The molecule has 3 rings (SSSR count). The number of carbonyl (C=O) groups excluding carboxylic acids is 2. The fourth-order valence-corrected chi connectivity index (χ4v) is 3.04. The Morgan fingerprint density at radius 1 is 1.04 bits per heavy atom. The van der Waals surface area contributed by atoms with E-state index in [1.165, 1.54) is 24.3 Å². The van der Waals surface area contributed by atoms with Gasteiger partial charge in [-0.25, -0.2) is 4.39 Å². The van der Waals surface area contributed by atoms with E-state index in [-0.39, 0.29) is 23.5 Å². The number of nitrogens with one attached hydrogen (secondary N) is 1. The van der Waals surface area contributed by atoms with E-state index in [4.69, 9.17) is 4.74 Å². The summed E-state index contributed by atoms with van der Waals surface area (Å²) in [7, 11) is 1.58. The largest absolute Gasteiger partial charge is 0.497 e. The minimum Gasteiger partial charge on any atom is -0.497 e. The van der Waals surface area contributed by atoms with Crippen molar-refractivity contribution in [2.75, 3.05) is 25.5 Å². The molecule has 0 spiro atoms. The Balaban J connectivity index is 1.53. The van der Waals surface area contributed by atoms with E-state index >= 15 is 0 Å². The van der Waals surface area contributed by atoms with Gasteiger partial charge in [-0.1, -0.05) is 0 Å². The summed E-state index contributed by atoms with van der Waals surface area (Å²) in [4.78, 5) is 26.7. The molecule has 0 aliphatic carbocycles. The Labute approximate surface area is 151 Å². The molecule has 0 atom stereocenters. The monoisotopic (exact) mass is 356 g/mol. The van der Waals surface area contributed by atoms with Gasteiger partial charge >= 0.3 is 0 Å². The van der Waals surface area contributed by atoms with Crippen molar-refractivity contribution in [2.24, 2.45) is 5.92 Å². The Bertz CT molecular complexity index is 767. The molecule has 1 aliphatic rings. The van der Waals surface area contributed by atoms with E-state index in [0.717, 1.165) is 0 Å². The summed E-state index contributed by atoms with van der Waals surface area (Å²) in [5.41, 5.74) is 1.19. The van der Waals surface area contributed by atoms with Gasteiger partial charge in [-0.2, -0.15) is 0 Å². The molecule has 6 heteroatoms. The standard InChI is InChI=1S/C20H21FN2O3/c1-26-18-8-2-15(3-9-18)20(25)23-12-10-14(11-13-23)19(24)22-17-6-4-16(21)5-7-17/h2-9,14H,10-13H2,1H3,(H,22,24). The second kappa shape index (κ2) is 7.99. The maximum absolute atomic E-state index is 12.9. The lowest BCUT2D eigenvalue weighted by Crippen LogP contribution is -2.41. The maximum Gasteiger partial charge on any atom is 0.253 e. The Kier molecular flexibility index (Phi) is 5.51. The van der Waals surface area contributed by atoms with Crippen LogP contribution in [0.4, 0.5) is 10.1 Å². The molecular formula is C20H21FN2O3. The predicted octanol–water partition coefficient (Wildman–Crippen LogP) is 3.33. The van der Waals surface area contributed by atoms with E-state index < -0.39 is 0 Å². The number of carbonyl (C=O) groups is 2. The first-order valence-electron chi connectivity index (χ1n) is 8.56. The predicted molar refractivity (Wildman–Crippen MR) is 96.7 cm³/mol. The zero-order valence-electron chi connectivity index (χ0n) is 14.6. The average Bonchev–Trinajstić information content (AvgIpc) is 2.69. The first-order valence-corrected chi connectivity index (χ1v) is 8.56. The van der Waals surface area contributed by atoms with Crippen LogP contribution in [-0.4, -0.2) is 36.9 Å². The number of anilines is 1. The van der Waals surface area contributed by atoms with E-state index in [1.54, 1.807) is 36.3 Å². The van der Waals surface area contributed by atoms with Crippen molar-refractivity contribution in [2.45, 2.75) is 12.8 Å². The van der Waals surface area contributed by atoms with Crippen molar-refractivity contribution >= 4 is 17.5 Å². The van der Waals surface area contributed by atoms with Gasteiger partial charge in [0.1, 0.15) is 11.6 Å². The van der Waals surface area contributed by atoms with E-state index in [9.17, 15) is 14.0 Å². The topological polar surface area (TPSA) is 58.6 Å². The molecule has 5 nitrogen and oxygen atoms in total. The Hall–Kier alpha value is -2.89. The molecule has 1 saturated heterocycles. The van der Waals surface area contributed by atoms with E-state index in [2.05, 4.69) is 5.32 Å². The number of rotatable bonds is 4. The molecule has 0 saturated carbocycles. The van der Waals surface area contributed by atoms with Crippen LogP contribution >= 0.6 is 0 Å². The molecule has 26 heavy (non-hydrogen) atoms. The normalized spacial score (nSPS) is 14.8. The van der Waals surface area contributed by atoms with Crippen LogP contribution in [0.2, 0.25) is 0 Å². The summed E-state index contributed by atoms with van der Waals surface area (Å²) in [6.45, 7) is 1.07. The lowest BCUT2D eigenvalue weighted by molar-refractivity contribution is -0.121. The number of likely N-dealkylation sites (tertiary alicyclic amines) is 1. The third kappa shape index (κ3) is 4.20. The van der Waals surface area contributed by atoms with Crippen molar-refractivity contribution in [1.29, 1.82) is 0 Å². The van der Waals surface area contributed by atoms with E-state index in [0.29, 0.717) is 42.9 Å². The SMILES string of the molecule is COc1ccc(C(=O)N2CCC(C(=O)Nc3ccc(F)cc3)CC2)cc1.